The number of nitrogens with zero attached hydrogens (tertiary/aromatic N) is 4. The normalized spacial score (nSPS) is 12.9. The Morgan fingerprint density at radius 1 is 0.930 bits per heavy atom. The Hall–Kier alpha value is -5.51. The van der Waals surface area contributed by atoms with E-state index in [0.717, 1.165) is 5.69 Å². The number of fused-ring (bicyclic) bond motifs is 1. The maximum atomic E-state index is 14.2. The fourth-order valence-corrected chi connectivity index (χ4v) is 4.96. The van der Waals surface area contributed by atoms with Gasteiger partial charge < -0.3 is 19.9 Å². The summed E-state index contributed by atoms with van der Waals surface area (Å²) in [4.78, 5) is 62.5. The van der Waals surface area contributed by atoms with Crippen LogP contribution in [0.4, 0.5) is 17.1 Å². The van der Waals surface area contributed by atoms with Crippen LogP contribution in [0.1, 0.15) is 27.5 Å². The van der Waals surface area contributed by atoms with E-state index in [-0.39, 0.29) is 12.1 Å². The lowest BCUT2D eigenvalue weighted by molar-refractivity contribution is -0.139. The van der Waals surface area contributed by atoms with Crippen molar-refractivity contribution in [1.82, 2.24) is 9.88 Å². The first-order chi connectivity index (χ1) is 20.8. The molecule has 0 saturated heterocycles. The predicted octanol–water partition coefficient (Wildman–Crippen LogP) is 4.09. The van der Waals surface area contributed by atoms with Gasteiger partial charge in [0.15, 0.2) is 0 Å². The van der Waals surface area contributed by atoms with Crippen LogP contribution in [0.15, 0.2) is 97.3 Å². The zero-order valence-electron chi connectivity index (χ0n) is 24.1. The van der Waals surface area contributed by atoms with Crippen molar-refractivity contribution < 1.29 is 23.9 Å². The highest BCUT2D eigenvalue weighted by atomic mass is 16.5. The maximum Gasteiger partial charge on any atom is 0.299 e. The lowest BCUT2D eigenvalue weighted by Gasteiger charge is -2.33. The molecule has 0 aliphatic carbocycles. The number of methoxy groups -OCH3 is 1. The van der Waals surface area contributed by atoms with Gasteiger partial charge in [-0.1, -0.05) is 30.3 Å². The summed E-state index contributed by atoms with van der Waals surface area (Å²) in [5.74, 6) is -1.86. The number of hydrogen-bond donors (Lipinski definition) is 1. The first-order valence-electron chi connectivity index (χ1n) is 13.6. The number of pyridine rings is 1. The van der Waals surface area contributed by atoms with Gasteiger partial charge in [0.2, 0.25) is 5.91 Å². The number of rotatable bonds is 10. The Bertz CT molecular complexity index is 1640. The third-order valence-electron chi connectivity index (χ3n) is 7.21. The van der Waals surface area contributed by atoms with E-state index in [9.17, 15) is 19.2 Å². The number of para-hydroxylation sites is 1. The molecule has 1 aliphatic rings. The van der Waals surface area contributed by atoms with Crippen LogP contribution in [0, 0.1) is 0 Å². The molecule has 5 rings (SSSR count). The molecule has 10 heteroatoms. The summed E-state index contributed by atoms with van der Waals surface area (Å²) in [6.07, 6.45) is 3.23. The zero-order valence-corrected chi connectivity index (χ0v) is 24.1. The largest absolute Gasteiger partial charge is 0.497 e. The van der Waals surface area contributed by atoms with Gasteiger partial charge in [0.1, 0.15) is 18.3 Å². The van der Waals surface area contributed by atoms with Crippen LogP contribution in [0.2, 0.25) is 0 Å². The minimum atomic E-state index is -1.10. The number of carbonyl (C=O) groups excluding carboxylic acids is 4. The van der Waals surface area contributed by atoms with Gasteiger partial charge in [-0.2, -0.15) is 0 Å². The van der Waals surface area contributed by atoms with Crippen molar-refractivity contribution >= 4 is 40.6 Å². The summed E-state index contributed by atoms with van der Waals surface area (Å²) < 4.78 is 5.31. The highest BCUT2D eigenvalue weighted by Crippen LogP contribution is 2.31. The molecule has 0 spiro atoms. The Morgan fingerprint density at radius 3 is 2.30 bits per heavy atom. The van der Waals surface area contributed by atoms with Crippen LogP contribution in [0.25, 0.3) is 0 Å². The van der Waals surface area contributed by atoms with Gasteiger partial charge in [-0.15, -0.1) is 0 Å². The Morgan fingerprint density at radius 2 is 1.65 bits per heavy atom. The van der Waals surface area contributed by atoms with Crippen molar-refractivity contribution in [1.29, 1.82) is 0 Å². The second-order valence-electron chi connectivity index (χ2n) is 10.2. The van der Waals surface area contributed by atoms with E-state index in [4.69, 9.17) is 4.74 Å². The van der Waals surface area contributed by atoms with Crippen molar-refractivity contribution in [2.45, 2.75) is 12.6 Å². The monoisotopic (exact) mass is 577 g/mol. The Labute approximate surface area is 249 Å². The average Bonchev–Trinajstić information content (AvgIpc) is 3.26. The number of carbonyl (C=O) groups is 4. The van der Waals surface area contributed by atoms with Gasteiger partial charge in [0, 0.05) is 44.4 Å². The number of amides is 3. The van der Waals surface area contributed by atoms with Gasteiger partial charge in [-0.25, -0.2) is 0 Å². The second-order valence-corrected chi connectivity index (χ2v) is 10.2. The molecular weight excluding hydrogens is 546 g/mol. The van der Waals surface area contributed by atoms with Gasteiger partial charge >= 0.3 is 0 Å². The summed E-state index contributed by atoms with van der Waals surface area (Å²) in [6, 6.07) is 23.2. The van der Waals surface area contributed by atoms with Crippen LogP contribution >= 0.6 is 0 Å². The molecule has 1 unspecified atom stereocenters. The van der Waals surface area contributed by atoms with E-state index in [0.29, 0.717) is 28.3 Å². The van der Waals surface area contributed by atoms with Crippen LogP contribution in [-0.2, 0) is 20.9 Å². The molecule has 4 aromatic rings. The lowest BCUT2D eigenvalue weighted by Crippen LogP contribution is -2.46. The number of hydrogen-bond acceptors (Lipinski definition) is 7. The minimum Gasteiger partial charge on any atom is -0.497 e. The van der Waals surface area contributed by atoms with Crippen molar-refractivity contribution in [2.24, 2.45) is 0 Å². The Kier molecular flexibility index (Phi) is 8.47. The molecule has 1 atom stereocenters. The molecule has 1 aromatic heterocycles. The highest BCUT2D eigenvalue weighted by molar-refractivity contribution is 6.52. The molecule has 218 valence electrons. The van der Waals surface area contributed by atoms with Crippen LogP contribution in [0.3, 0.4) is 0 Å². The summed E-state index contributed by atoms with van der Waals surface area (Å²) >= 11 is 0. The molecule has 3 amide bonds. The fourth-order valence-electron chi connectivity index (χ4n) is 4.96. The zero-order chi connectivity index (χ0) is 30.5. The molecule has 3 aromatic carbocycles. The molecule has 0 fully saturated rings. The standard InChI is InChI=1S/C33H31N5O5/c1-36(2)25-14-12-24(13-15-25)35-32(41)30(23-10-16-26(43-3)17-11-23)38(20-22-7-6-18-34-19-22)29(39)21-37-28-9-5-4-8-27(28)31(40)33(37)42/h4-19,30H,20-21H2,1-3H3,(H,35,41). The number of ether oxygens (including phenoxy) is 1. The molecule has 0 radical (unpaired) electrons. The van der Waals surface area contributed by atoms with E-state index >= 15 is 0 Å². The maximum absolute atomic E-state index is 14.2. The second kappa shape index (κ2) is 12.6. The predicted molar refractivity (Wildman–Crippen MR) is 163 cm³/mol. The Balaban J connectivity index is 1.53. The fraction of sp³-hybridized carbons (Fsp3) is 0.182. The van der Waals surface area contributed by atoms with E-state index in [1.54, 1.807) is 92.3 Å². The van der Waals surface area contributed by atoms with E-state index in [1.807, 2.05) is 31.1 Å². The summed E-state index contributed by atoms with van der Waals surface area (Å²) in [6.45, 7) is -0.409. The quantitative estimate of drug-likeness (QED) is 0.283. The number of Topliss-reactive ketones (excluding diaryl/α,β-unsaturated/α-hetero) is 1. The van der Waals surface area contributed by atoms with Crippen molar-refractivity contribution in [2.75, 3.05) is 42.9 Å². The molecule has 43 heavy (non-hydrogen) atoms. The van der Waals surface area contributed by atoms with Gasteiger partial charge in [-0.05, 0) is 65.7 Å². The van der Waals surface area contributed by atoms with Gasteiger partial charge in [-0.3, -0.25) is 29.1 Å². The minimum absolute atomic E-state index is 0.0218. The molecule has 1 aliphatic heterocycles. The third kappa shape index (κ3) is 6.23. The number of benzene rings is 3. The number of anilines is 3. The molecule has 1 N–H and O–H groups in total. The van der Waals surface area contributed by atoms with Crippen LogP contribution < -0.4 is 19.9 Å². The summed E-state index contributed by atoms with van der Waals surface area (Å²) in [5, 5.41) is 2.95. The highest BCUT2D eigenvalue weighted by Gasteiger charge is 2.39. The first kappa shape index (κ1) is 29.0. The molecule has 2 heterocycles. The van der Waals surface area contributed by atoms with Crippen LogP contribution in [0.5, 0.6) is 5.75 Å². The smallest absolute Gasteiger partial charge is 0.299 e. The van der Waals surface area contributed by atoms with E-state index in [2.05, 4.69) is 10.3 Å². The summed E-state index contributed by atoms with van der Waals surface area (Å²) in [5.41, 5.74) is 3.33. The number of nitrogens with one attached hydrogen (secondary N) is 1. The third-order valence-corrected chi connectivity index (χ3v) is 7.21. The molecule has 10 nitrogen and oxygen atoms in total. The van der Waals surface area contributed by atoms with Gasteiger partial charge in [0.05, 0.1) is 18.4 Å². The number of aromatic nitrogens is 1. The van der Waals surface area contributed by atoms with Crippen LogP contribution in [-0.4, -0.2) is 61.1 Å². The first-order valence-corrected chi connectivity index (χ1v) is 13.6. The SMILES string of the molecule is COc1ccc(C(C(=O)Nc2ccc(N(C)C)cc2)N(Cc2cccnc2)C(=O)CN2C(=O)C(=O)c3ccccc32)cc1. The van der Waals surface area contributed by atoms with Crippen molar-refractivity contribution in [3.8, 4) is 5.75 Å². The summed E-state index contributed by atoms with van der Waals surface area (Å²) in [7, 11) is 5.39. The molecule has 0 bridgehead atoms. The van der Waals surface area contributed by atoms with Crippen molar-refractivity contribution in [3.63, 3.8) is 0 Å². The van der Waals surface area contributed by atoms with Gasteiger partial charge in [0.25, 0.3) is 17.6 Å². The van der Waals surface area contributed by atoms with E-state index in [1.165, 1.54) is 9.80 Å². The van der Waals surface area contributed by atoms with Crippen molar-refractivity contribution in [3.05, 3.63) is 114 Å². The topological polar surface area (TPSA) is 112 Å². The average molecular weight is 578 g/mol. The van der Waals surface area contributed by atoms with E-state index < -0.39 is 36.1 Å². The lowest BCUT2D eigenvalue weighted by atomic mass is 10.0. The number of ketones is 1. The molecular formula is C33H31N5O5. The molecule has 0 saturated carbocycles.